The number of nitrogens with zero attached hydrogens (tertiary/aromatic N) is 3. The Morgan fingerprint density at radius 3 is 2.11 bits per heavy atom. The molecule has 7 nitrogen and oxygen atoms in total. The summed E-state index contributed by atoms with van der Waals surface area (Å²) in [6, 6.07) is 7.38. The van der Waals surface area contributed by atoms with Gasteiger partial charge in [-0.2, -0.15) is 5.10 Å². The highest BCUT2D eigenvalue weighted by Gasteiger charge is 2.25. The van der Waals surface area contributed by atoms with Crippen molar-refractivity contribution in [3.05, 3.63) is 47.4 Å². The molecule has 8 heteroatoms. The van der Waals surface area contributed by atoms with Crippen LogP contribution in [0.25, 0.3) is 17.0 Å². The molecule has 38 heavy (non-hydrogen) atoms. The molecule has 0 aliphatic rings. The molecule has 0 atom stereocenters. The Bertz CT molecular complexity index is 1170. The van der Waals surface area contributed by atoms with Crippen molar-refractivity contribution in [1.82, 2.24) is 25.1 Å². The second kappa shape index (κ2) is 14.4. The molecule has 1 amide bonds. The molecule has 0 bridgehead atoms. The number of hydrogen-bond acceptors (Lipinski definition) is 4. The van der Waals surface area contributed by atoms with E-state index < -0.39 is 0 Å². The van der Waals surface area contributed by atoms with Crippen molar-refractivity contribution in [1.29, 1.82) is 0 Å². The Balaban J connectivity index is 1.35. The fourth-order valence-electron chi connectivity index (χ4n) is 4.42. The normalized spacial score (nSPS) is 11.7. The van der Waals surface area contributed by atoms with Crippen LogP contribution >= 0.6 is 11.6 Å². The molecular formula is C30H44ClN5O2. The van der Waals surface area contributed by atoms with Gasteiger partial charge in [-0.3, -0.25) is 10.1 Å². The Hall–Kier alpha value is -2.80. The summed E-state index contributed by atoms with van der Waals surface area (Å²) in [5.74, 6) is 1.40. The minimum Gasteiger partial charge on any atom is -0.442 e. The van der Waals surface area contributed by atoms with Crippen LogP contribution in [-0.2, 0) is 10.2 Å². The maximum absolute atomic E-state index is 12.2. The van der Waals surface area contributed by atoms with Gasteiger partial charge in [-0.15, -0.1) is 9.73 Å². The molecule has 0 aliphatic heterocycles. The summed E-state index contributed by atoms with van der Waals surface area (Å²) in [6.07, 6.45) is 14.3. The molecule has 0 spiro atoms. The van der Waals surface area contributed by atoms with E-state index in [1.165, 1.54) is 62.4 Å². The molecular weight excluding hydrogens is 498 g/mol. The minimum atomic E-state index is -0.171. The SMILES string of the molecule is C=C(NC(=O)CCCCCCCCCCCCC)Oc1ccc(-c2nn3nc(C(C)(C)C)c(Cl)c3[nH]2)cc1. The van der Waals surface area contributed by atoms with Crippen LogP contribution in [0.5, 0.6) is 5.75 Å². The van der Waals surface area contributed by atoms with E-state index >= 15 is 0 Å². The number of carbonyl (C=O) groups excluding carboxylic acids is 1. The first-order valence-electron chi connectivity index (χ1n) is 14.1. The summed E-state index contributed by atoms with van der Waals surface area (Å²) in [4.78, 5) is 15.5. The van der Waals surface area contributed by atoms with Gasteiger partial charge in [-0.05, 0) is 37.3 Å². The number of ether oxygens (including phenoxy) is 1. The van der Waals surface area contributed by atoms with Crippen LogP contribution in [0.4, 0.5) is 0 Å². The lowest BCUT2D eigenvalue weighted by molar-refractivity contribution is -0.121. The number of rotatable bonds is 16. The second-order valence-corrected chi connectivity index (χ2v) is 11.5. The fourth-order valence-corrected chi connectivity index (χ4v) is 4.87. The second-order valence-electron chi connectivity index (χ2n) is 11.1. The van der Waals surface area contributed by atoms with E-state index in [2.05, 4.69) is 54.8 Å². The molecule has 0 unspecified atom stereocenters. The zero-order chi connectivity index (χ0) is 27.5. The highest BCUT2D eigenvalue weighted by atomic mass is 35.5. The maximum atomic E-state index is 12.2. The molecule has 208 valence electrons. The van der Waals surface area contributed by atoms with Gasteiger partial charge in [0.25, 0.3) is 0 Å². The average Bonchev–Trinajstić information content (AvgIpc) is 3.42. The van der Waals surface area contributed by atoms with Crippen LogP contribution in [0.1, 0.15) is 110 Å². The highest BCUT2D eigenvalue weighted by Crippen LogP contribution is 2.32. The van der Waals surface area contributed by atoms with Crippen molar-refractivity contribution in [2.45, 2.75) is 110 Å². The standard InChI is InChI=1S/C30H44ClN5O2/c1-6-7-8-9-10-11-12-13-14-15-16-17-25(37)32-22(2)38-24-20-18-23(19-21-24)28-33-29-26(31)27(30(3,4)5)34-36(29)35-28/h18-21H,2,6-17H2,1,3-5H3,(H,32,37)(H,33,35). The number of amides is 1. The van der Waals surface area contributed by atoms with Crippen molar-refractivity contribution in [2.24, 2.45) is 0 Å². The Kier molecular flexibility index (Phi) is 11.3. The molecule has 0 saturated heterocycles. The minimum absolute atomic E-state index is 0.0621. The van der Waals surface area contributed by atoms with E-state index in [4.69, 9.17) is 16.3 Å². The molecule has 3 rings (SSSR count). The number of H-pyrrole nitrogens is 1. The first-order chi connectivity index (χ1) is 18.2. The molecule has 0 aliphatic carbocycles. The van der Waals surface area contributed by atoms with Crippen LogP contribution in [0.15, 0.2) is 36.7 Å². The smallest absolute Gasteiger partial charge is 0.226 e. The number of nitrogens with one attached hydrogen (secondary N) is 2. The van der Waals surface area contributed by atoms with Crippen LogP contribution in [0.2, 0.25) is 5.02 Å². The zero-order valence-corrected chi connectivity index (χ0v) is 24.3. The molecule has 0 fully saturated rings. The van der Waals surface area contributed by atoms with Crippen molar-refractivity contribution < 1.29 is 9.53 Å². The van der Waals surface area contributed by atoms with Gasteiger partial charge < -0.3 is 9.72 Å². The first kappa shape index (κ1) is 29.8. The van der Waals surface area contributed by atoms with Gasteiger partial charge in [0.2, 0.25) is 5.91 Å². The average molecular weight is 542 g/mol. The monoisotopic (exact) mass is 541 g/mol. The zero-order valence-electron chi connectivity index (χ0n) is 23.5. The van der Waals surface area contributed by atoms with Crippen molar-refractivity contribution >= 4 is 23.2 Å². The fraction of sp³-hybridized carbons (Fsp3) is 0.567. The number of aromatic amines is 1. The maximum Gasteiger partial charge on any atom is 0.226 e. The molecule has 2 aromatic heterocycles. The Morgan fingerprint density at radius 2 is 1.55 bits per heavy atom. The third-order valence-electron chi connectivity index (χ3n) is 6.61. The van der Waals surface area contributed by atoms with E-state index in [-0.39, 0.29) is 17.2 Å². The van der Waals surface area contributed by atoms with Gasteiger partial charge in [0, 0.05) is 17.4 Å². The van der Waals surface area contributed by atoms with E-state index in [1.54, 1.807) is 0 Å². The number of unbranched alkanes of at least 4 members (excludes halogenated alkanes) is 10. The Morgan fingerprint density at radius 1 is 0.974 bits per heavy atom. The van der Waals surface area contributed by atoms with Crippen LogP contribution in [-0.4, -0.2) is 25.7 Å². The molecule has 0 radical (unpaired) electrons. The van der Waals surface area contributed by atoms with Crippen molar-refractivity contribution in [3.63, 3.8) is 0 Å². The molecule has 2 heterocycles. The van der Waals surface area contributed by atoms with Gasteiger partial charge in [0.1, 0.15) is 10.8 Å². The van der Waals surface area contributed by atoms with E-state index in [9.17, 15) is 4.79 Å². The van der Waals surface area contributed by atoms with E-state index in [0.29, 0.717) is 28.7 Å². The van der Waals surface area contributed by atoms with Crippen molar-refractivity contribution in [3.8, 4) is 17.1 Å². The first-order valence-corrected chi connectivity index (χ1v) is 14.5. The number of fused-ring (bicyclic) bond motifs is 1. The summed E-state index contributed by atoms with van der Waals surface area (Å²) >= 11 is 6.53. The van der Waals surface area contributed by atoms with E-state index in [0.717, 1.165) is 24.1 Å². The Labute approximate surface area is 232 Å². The number of carbonyl (C=O) groups is 1. The topological polar surface area (TPSA) is 84.3 Å². The third kappa shape index (κ3) is 8.90. The number of benzene rings is 1. The summed E-state index contributed by atoms with van der Waals surface area (Å²) in [6.45, 7) is 12.3. The predicted molar refractivity (Wildman–Crippen MR) is 155 cm³/mol. The van der Waals surface area contributed by atoms with Crippen LogP contribution in [0.3, 0.4) is 0 Å². The van der Waals surface area contributed by atoms with Gasteiger partial charge in [-0.25, -0.2) is 0 Å². The van der Waals surface area contributed by atoms with Gasteiger partial charge in [0.05, 0.1) is 5.69 Å². The largest absolute Gasteiger partial charge is 0.442 e. The predicted octanol–water partition coefficient (Wildman–Crippen LogP) is 8.34. The number of hydrogen-bond donors (Lipinski definition) is 2. The van der Waals surface area contributed by atoms with Gasteiger partial charge in [-0.1, -0.05) is 104 Å². The lowest BCUT2D eigenvalue weighted by Crippen LogP contribution is -2.24. The summed E-state index contributed by atoms with van der Waals surface area (Å²) in [7, 11) is 0. The van der Waals surface area contributed by atoms with Crippen LogP contribution < -0.4 is 10.1 Å². The van der Waals surface area contributed by atoms with Gasteiger partial charge >= 0.3 is 0 Å². The van der Waals surface area contributed by atoms with Crippen molar-refractivity contribution in [2.75, 3.05) is 0 Å². The lowest BCUT2D eigenvalue weighted by atomic mass is 9.92. The van der Waals surface area contributed by atoms with Gasteiger partial charge in [0.15, 0.2) is 17.4 Å². The third-order valence-corrected chi connectivity index (χ3v) is 6.97. The molecule has 3 aromatic rings. The molecule has 2 N–H and O–H groups in total. The quantitative estimate of drug-likeness (QED) is 0.141. The van der Waals surface area contributed by atoms with Crippen LogP contribution in [0, 0.1) is 0 Å². The number of aromatic nitrogens is 4. The molecule has 0 saturated carbocycles. The summed E-state index contributed by atoms with van der Waals surface area (Å²) in [5, 5.41) is 12.4. The van der Waals surface area contributed by atoms with E-state index in [1.807, 2.05) is 24.3 Å². The highest BCUT2D eigenvalue weighted by molar-refractivity contribution is 6.34. The number of halogens is 1. The lowest BCUT2D eigenvalue weighted by Gasteiger charge is -2.14. The summed E-state index contributed by atoms with van der Waals surface area (Å²) in [5.41, 5.74) is 2.16. The molecule has 1 aromatic carbocycles. The summed E-state index contributed by atoms with van der Waals surface area (Å²) < 4.78 is 7.24.